The highest BCUT2D eigenvalue weighted by molar-refractivity contribution is 5.56. The van der Waals surface area contributed by atoms with Crippen LogP contribution in [0.25, 0.3) is 0 Å². The van der Waals surface area contributed by atoms with Gasteiger partial charge in [0.25, 0.3) is 0 Å². The normalized spacial score (nSPS) is 14.3. The van der Waals surface area contributed by atoms with Crippen LogP contribution in [-0.2, 0) is 13.0 Å². The zero-order valence-corrected chi connectivity index (χ0v) is 13.7. The Morgan fingerprint density at radius 2 is 1.81 bits per heavy atom. The van der Waals surface area contributed by atoms with Crippen molar-refractivity contribution < 1.29 is 0 Å². The van der Waals surface area contributed by atoms with Gasteiger partial charge in [0.2, 0.25) is 0 Å². The minimum Gasteiger partial charge on any atom is -0.371 e. The van der Waals surface area contributed by atoms with Crippen molar-refractivity contribution in [2.75, 3.05) is 18.0 Å². The number of hydrogen-bond donors (Lipinski definition) is 1. The molecule has 0 saturated carbocycles. The van der Waals surface area contributed by atoms with E-state index in [0.29, 0.717) is 6.54 Å². The van der Waals surface area contributed by atoms with Crippen molar-refractivity contribution in [1.29, 1.82) is 0 Å². The van der Waals surface area contributed by atoms with E-state index < -0.39 is 0 Å². The standard InChI is InChI=1S/C19H32N2/c1-2-3-4-5-6-7-8-13-21-14-9-10-18-15-17(16-20)11-12-19(18)21/h11-12,15H,2-10,13-14,16,20H2,1H3. The molecule has 0 unspecified atom stereocenters. The third-order valence-electron chi connectivity index (χ3n) is 4.63. The van der Waals surface area contributed by atoms with E-state index in [1.165, 1.54) is 87.7 Å². The highest BCUT2D eigenvalue weighted by Gasteiger charge is 2.16. The lowest BCUT2D eigenvalue weighted by atomic mass is 9.98. The lowest BCUT2D eigenvalue weighted by Crippen LogP contribution is -2.30. The minimum absolute atomic E-state index is 0.658. The monoisotopic (exact) mass is 288 g/mol. The van der Waals surface area contributed by atoms with Crippen LogP contribution >= 0.6 is 0 Å². The average Bonchev–Trinajstić information content (AvgIpc) is 2.53. The van der Waals surface area contributed by atoms with Gasteiger partial charge in [-0.25, -0.2) is 0 Å². The summed E-state index contributed by atoms with van der Waals surface area (Å²) >= 11 is 0. The third kappa shape index (κ3) is 5.03. The first-order valence-electron chi connectivity index (χ1n) is 8.92. The predicted octanol–water partition coefficient (Wildman–Crippen LogP) is 4.65. The number of hydrogen-bond acceptors (Lipinski definition) is 2. The molecule has 0 fully saturated rings. The molecule has 0 saturated heterocycles. The zero-order valence-electron chi connectivity index (χ0n) is 13.7. The number of rotatable bonds is 9. The second-order valence-electron chi connectivity index (χ2n) is 6.38. The molecule has 0 aromatic heterocycles. The predicted molar refractivity (Wildman–Crippen MR) is 92.9 cm³/mol. The first-order chi connectivity index (χ1) is 10.3. The quantitative estimate of drug-likeness (QED) is 0.670. The molecule has 1 aliphatic rings. The summed E-state index contributed by atoms with van der Waals surface area (Å²) in [5.74, 6) is 0. The van der Waals surface area contributed by atoms with E-state index in [1.807, 2.05) is 0 Å². The molecule has 1 aromatic carbocycles. The Labute approximate surface area is 130 Å². The molecule has 1 aliphatic heterocycles. The van der Waals surface area contributed by atoms with Gasteiger partial charge in [-0.05, 0) is 36.5 Å². The Bertz CT molecular complexity index is 414. The molecular formula is C19H32N2. The van der Waals surface area contributed by atoms with Crippen LogP contribution in [0.1, 0.15) is 69.4 Å². The summed E-state index contributed by atoms with van der Waals surface area (Å²) in [5, 5.41) is 0. The van der Waals surface area contributed by atoms with Gasteiger partial charge in [-0.3, -0.25) is 0 Å². The van der Waals surface area contributed by atoms with Gasteiger partial charge in [0, 0.05) is 25.3 Å². The Morgan fingerprint density at radius 1 is 1.05 bits per heavy atom. The van der Waals surface area contributed by atoms with Crippen LogP contribution in [0.4, 0.5) is 5.69 Å². The van der Waals surface area contributed by atoms with Gasteiger partial charge >= 0.3 is 0 Å². The van der Waals surface area contributed by atoms with Crippen LogP contribution in [0, 0.1) is 0 Å². The molecule has 2 heteroatoms. The summed E-state index contributed by atoms with van der Waals surface area (Å²) < 4.78 is 0. The van der Waals surface area contributed by atoms with Crippen molar-refractivity contribution in [1.82, 2.24) is 0 Å². The van der Waals surface area contributed by atoms with Gasteiger partial charge in [-0.1, -0.05) is 57.6 Å². The number of fused-ring (bicyclic) bond motifs is 1. The van der Waals surface area contributed by atoms with E-state index in [4.69, 9.17) is 5.73 Å². The van der Waals surface area contributed by atoms with Crippen LogP contribution in [0.15, 0.2) is 18.2 Å². The van der Waals surface area contributed by atoms with Crippen LogP contribution in [0.3, 0.4) is 0 Å². The van der Waals surface area contributed by atoms with Gasteiger partial charge in [0.1, 0.15) is 0 Å². The number of nitrogens with zero attached hydrogens (tertiary/aromatic N) is 1. The van der Waals surface area contributed by atoms with Gasteiger partial charge in [0.05, 0.1) is 0 Å². The van der Waals surface area contributed by atoms with Gasteiger partial charge in [-0.2, -0.15) is 0 Å². The van der Waals surface area contributed by atoms with Crippen LogP contribution in [0.5, 0.6) is 0 Å². The van der Waals surface area contributed by atoms with Gasteiger partial charge in [0.15, 0.2) is 0 Å². The smallest absolute Gasteiger partial charge is 0.0398 e. The highest BCUT2D eigenvalue weighted by atomic mass is 15.1. The van der Waals surface area contributed by atoms with Gasteiger partial charge < -0.3 is 10.6 Å². The highest BCUT2D eigenvalue weighted by Crippen LogP contribution is 2.28. The largest absolute Gasteiger partial charge is 0.371 e. The maximum Gasteiger partial charge on any atom is 0.0398 e. The minimum atomic E-state index is 0.658. The maximum absolute atomic E-state index is 5.75. The number of unbranched alkanes of at least 4 members (excludes halogenated alkanes) is 6. The topological polar surface area (TPSA) is 29.3 Å². The number of benzene rings is 1. The molecule has 21 heavy (non-hydrogen) atoms. The van der Waals surface area contributed by atoms with E-state index in [9.17, 15) is 0 Å². The molecule has 0 aliphatic carbocycles. The molecule has 1 aromatic rings. The molecule has 2 N–H and O–H groups in total. The Kier molecular flexibility index (Phi) is 7.08. The second-order valence-corrected chi connectivity index (χ2v) is 6.38. The fourth-order valence-corrected chi connectivity index (χ4v) is 3.35. The molecule has 1 heterocycles. The summed E-state index contributed by atoms with van der Waals surface area (Å²) in [6, 6.07) is 6.80. The Morgan fingerprint density at radius 3 is 2.57 bits per heavy atom. The molecule has 2 nitrogen and oxygen atoms in total. The summed E-state index contributed by atoms with van der Waals surface area (Å²) in [6.45, 7) is 5.39. The number of nitrogens with two attached hydrogens (primary N) is 1. The molecule has 0 radical (unpaired) electrons. The Balaban J connectivity index is 1.75. The van der Waals surface area contributed by atoms with Crippen molar-refractivity contribution >= 4 is 5.69 Å². The third-order valence-corrected chi connectivity index (χ3v) is 4.63. The van der Waals surface area contributed by atoms with Crippen molar-refractivity contribution in [3.8, 4) is 0 Å². The SMILES string of the molecule is CCCCCCCCCN1CCCc2cc(CN)ccc21. The summed E-state index contributed by atoms with van der Waals surface area (Å²) in [7, 11) is 0. The van der Waals surface area contributed by atoms with Crippen LogP contribution < -0.4 is 10.6 Å². The molecule has 0 bridgehead atoms. The average molecular weight is 288 g/mol. The van der Waals surface area contributed by atoms with E-state index in [0.717, 1.165) is 0 Å². The van der Waals surface area contributed by atoms with Crippen molar-refractivity contribution in [3.05, 3.63) is 29.3 Å². The number of aryl methyl sites for hydroxylation is 1. The van der Waals surface area contributed by atoms with E-state index >= 15 is 0 Å². The van der Waals surface area contributed by atoms with E-state index in [2.05, 4.69) is 30.0 Å². The lowest BCUT2D eigenvalue weighted by Gasteiger charge is -2.31. The van der Waals surface area contributed by atoms with E-state index in [-0.39, 0.29) is 0 Å². The molecule has 0 amide bonds. The second kappa shape index (κ2) is 9.09. The fraction of sp³-hybridized carbons (Fsp3) is 0.684. The van der Waals surface area contributed by atoms with E-state index in [1.54, 1.807) is 0 Å². The molecule has 0 atom stereocenters. The number of anilines is 1. The fourth-order valence-electron chi connectivity index (χ4n) is 3.35. The van der Waals surface area contributed by atoms with Crippen molar-refractivity contribution in [2.24, 2.45) is 5.73 Å². The Hall–Kier alpha value is -1.02. The van der Waals surface area contributed by atoms with Crippen LogP contribution in [-0.4, -0.2) is 13.1 Å². The first-order valence-corrected chi connectivity index (χ1v) is 8.92. The lowest BCUT2D eigenvalue weighted by molar-refractivity contribution is 0.576. The maximum atomic E-state index is 5.75. The van der Waals surface area contributed by atoms with Gasteiger partial charge in [-0.15, -0.1) is 0 Å². The molecular weight excluding hydrogens is 256 g/mol. The van der Waals surface area contributed by atoms with Crippen molar-refractivity contribution in [2.45, 2.75) is 71.3 Å². The molecule has 118 valence electrons. The zero-order chi connectivity index (χ0) is 14.9. The summed E-state index contributed by atoms with van der Waals surface area (Å²) in [5.41, 5.74) is 9.99. The summed E-state index contributed by atoms with van der Waals surface area (Å²) in [4.78, 5) is 2.59. The molecule has 2 rings (SSSR count). The van der Waals surface area contributed by atoms with Crippen molar-refractivity contribution in [3.63, 3.8) is 0 Å². The summed E-state index contributed by atoms with van der Waals surface area (Å²) in [6.07, 6.45) is 12.2. The molecule has 0 spiro atoms. The first kappa shape index (κ1) is 16.4. The van der Waals surface area contributed by atoms with Crippen LogP contribution in [0.2, 0.25) is 0 Å².